The minimum atomic E-state index is -1.45. The maximum Gasteiger partial charge on any atom is 0.259 e. The molecule has 1 aromatic heterocycles. The normalized spacial score (nSPS) is 27.3. The smallest absolute Gasteiger partial charge is 0.259 e. The van der Waals surface area contributed by atoms with Crippen LogP contribution in [0.5, 0.6) is 0 Å². The molecular weight excluding hydrogens is 644 g/mol. The number of methoxy groups -OCH3 is 1. The number of hydrogen-bond acceptors (Lipinski definition) is 9. The van der Waals surface area contributed by atoms with Crippen molar-refractivity contribution >= 4 is 39.1 Å². The lowest BCUT2D eigenvalue weighted by molar-refractivity contribution is -0.211. The Labute approximate surface area is 251 Å². The molecule has 3 N–H and O–H groups in total. The molecule has 0 unspecified atom stereocenters. The molecule has 0 bridgehead atoms. The summed E-state index contributed by atoms with van der Waals surface area (Å²) in [5.41, 5.74) is 0.659. The molecule has 2 aromatic carbocycles. The Hall–Kier alpha value is -3.03. The van der Waals surface area contributed by atoms with Crippen molar-refractivity contribution in [1.82, 2.24) is 15.0 Å². The average molecular weight is 669 g/mol. The largest absolute Gasteiger partial charge is 0.394 e. The van der Waals surface area contributed by atoms with Crippen molar-refractivity contribution in [3.8, 4) is 17.3 Å². The van der Waals surface area contributed by atoms with Crippen LogP contribution < -0.4 is 4.90 Å². The van der Waals surface area contributed by atoms with E-state index < -0.39 is 71.8 Å². The van der Waals surface area contributed by atoms with E-state index in [1.807, 2.05) is 6.07 Å². The number of aromatic nitrogens is 3. The highest BCUT2D eigenvalue weighted by atomic mass is 79.9. The third kappa shape index (κ3) is 5.53. The van der Waals surface area contributed by atoms with E-state index in [0.29, 0.717) is 23.0 Å². The van der Waals surface area contributed by atoms with E-state index in [1.165, 1.54) is 29.0 Å². The molecule has 5 rings (SSSR count). The van der Waals surface area contributed by atoms with Crippen LogP contribution in [0.25, 0.3) is 11.3 Å². The van der Waals surface area contributed by atoms with E-state index in [0.717, 1.165) is 12.1 Å². The lowest BCUT2D eigenvalue weighted by Crippen LogP contribution is -2.64. The summed E-state index contributed by atoms with van der Waals surface area (Å²) in [6, 6.07) is 6.91. The molecule has 0 radical (unpaired) electrons. The van der Waals surface area contributed by atoms with E-state index in [1.54, 1.807) is 12.1 Å². The van der Waals surface area contributed by atoms with Gasteiger partial charge in [-0.05, 0) is 43.2 Å². The van der Waals surface area contributed by atoms with Gasteiger partial charge >= 0.3 is 0 Å². The van der Waals surface area contributed by atoms with Crippen LogP contribution in [0, 0.1) is 23.0 Å². The molecule has 1 amide bonds. The number of nitrogens with zero attached hydrogens (tertiary/aromatic N) is 5. The Bertz CT molecular complexity index is 1520. The second kappa shape index (κ2) is 12.3. The molecule has 0 spiro atoms. The molecule has 11 nitrogen and oxygen atoms in total. The first-order valence-corrected chi connectivity index (χ1v) is 14.0. The molecule has 3 aromatic rings. The highest BCUT2D eigenvalue weighted by Gasteiger charge is 2.52. The van der Waals surface area contributed by atoms with Crippen LogP contribution in [0.4, 0.5) is 14.5 Å². The van der Waals surface area contributed by atoms with Crippen molar-refractivity contribution in [1.29, 1.82) is 5.26 Å². The monoisotopic (exact) mass is 667 g/mol. The van der Waals surface area contributed by atoms with Crippen LogP contribution in [0.2, 0.25) is 5.02 Å². The van der Waals surface area contributed by atoms with E-state index in [4.69, 9.17) is 21.1 Å². The van der Waals surface area contributed by atoms with Crippen LogP contribution in [0.1, 0.15) is 24.4 Å². The third-order valence-corrected chi connectivity index (χ3v) is 8.36. The number of aliphatic hydroxyl groups excluding tert-OH is 3. The van der Waals surface area contributed by atoms with Crippen molar-refractivity contribution < 1.29 is 38.4 Å². The van der Waals surface area contributed by atoms with Gasteiger partial charge in [0.1, 0.15) is 46.7 Å². The molecule has 15 heteroatoms. The first kappa shape index (κ1) is 30.4. The van der Waals surface area contributed by atoms with Crippen LogP contribution in [0.15, 0.2) is 41.0 Å². The minimum Gasteiger partial charge on any atom is -0.394 e. The Morgan fingerprint density at radius 2 is 1.98 bits per heavy atom. The number of carbonyl (C=O) groups excluding carboxylic acids is 1. The van der Waals surface area contributed by atoms with E-state index in [2.05, 4.69) is 26.2 Å². The summed E-state index contributed by atoms with van der Waals surface area (Å²) in [7, 11) is 1.30. The van der Waals surface area contributed by atoms with Crippen molar-refractivity contribution in [2.45, 2.75) is 55.4 Å². The summed E-state index contributed by atoms with van der Waals surface area (Å²) in [4.78, 5) is 15.6. The van der Waals surface area contributed by atoms with Crippen LogP contribution >= 0.6 is 27.5 Å². The predicted molar refractivity (Wildman–Crippen MR) is 147 cm³/mol. The zero-order chi connectivity index (χ0) is 30.3. The third-order valence-electron chi connectivity index (χ3n) is 7.54. The molecule has 1 saturated heterocycles. The van der Waals surface area contributed by atoms with Crippen LogP contribution in [-0.4, -0.2) is 86.5 Å². The Morgan fingerprint density at radius 1 is 1.26 bits per heavy atom. The van der Waals surface area contributed by atoms with Gasteiger partial charge in [0.25, 0.3) is 5.91 Å². The number of rotatable bonds is 7. The van der Waals surface area contributed by atoms with Crippen molar-refractivity contribution in [2.24, 2.45) is 0 Å². The van der Waals surface area contributed by atoms with E-state index in [-0.39, 0.29) is 16.8 Å². The van der Waals surface area contributed by atoms with Gasteiger partial charge in [0.05, 0.1) is 36.6 Å². The van der Waals surface area contributed by atoms with Gasteiger partial charge in [0.2, 0.25) is 0 Å². The van der Waals surface area contributed by atoms with Gasteiger partial charge < -0.3 is 29.7 Å². The number of anilines is 1. The predicted octanol–water partition coefficient (Wildman–Crippen LogP) is 2.74. The van der Waals surface area contributed by atoms with Crippen molar-refractivity contribution in [3.63, 3.8) is 0 Å². The topological polar surface area (TPSA) is 154 Å². The van der Waals surface area contributed by atoms with Gasteiger partial charge in [0.15, 0.2) is 6.10 Å². The number of halogens is 4. The fraction of sp³-hybridized carbons (Fsp3) is 0.407. The molecule has 2 aliphatic rings. The first-order valence-electron chi connectivity index (χ1n) is 12.8. The summed E-state index contributed by atoms with van der Waals surface area (Å²) < 4.78 is 41.5. The fourth-order valence-corrected chi connectivity index (χ4v) is 5.87. The summed E-state index contributed by atoms with van der Waals surface area (Å²) in [6.07, 6.45) is -3.93. The second-order valence-corrected chi connectivity index (χ2v) is 11.3. The molecular formula is C27H25BrClF2N5O6. The number of nitriles is 1. The molecule has 42 heavy (non-hydrogen) atoms. The number of benzene rings is 2. The summed E-state index contributed by atoms with van der Waals surface area (Å²) >= 11 is 8.95. The van der Waals surface area contributed by atoms with Gasteiger partial charge in [-0.1, -0.05) is 32.7 Å². The lowest BCUT2D eigenvalue weighted by atomic mass is 9.85. The fourth-order valence-electron chi connectivity index (χ4n) is 5.28. The SMILES string of the molecule is CO[C@@H]1[C@@H](n2cc(-c3cc(F)c(Cl)c(F)c3)nn2)[C@@H](O)[C@@H](CO)O[C@H]1C(=O)N(c1cc(Br)cc(C#N)c1)[C@@H]1CC[C@H]1O. The molecule has 7 atom stereocenters. The molecule has 2 heterocycles. The Morgan fingerprint density at radius 3 is 2.55 bits per heavy atom. The number of ether oxygens (including phenoxy) is 2. The maximum absolute atomic E-state index is 14.2. The summed E-state index contributed by atoms with van der Waals surface area (Å²) in [6.45, 7) is -0.672. The minimum absolute atomic E-state index is 0.0237. The summed E-state index contributed by atoms with van der Waals surface area (Å²) in [5, 5.41) is 48.6. The average Bonchev–Trinajstić information content (AvgIpc) is 3.46. The standard InChI is InChI=1S/C27H25BrClF2N5O6/c1-41-25-23(35-10-18(33-34-35)13-6-16(30)22(29)17(31)7-13)24(39)21(11-37)42-26(25)27(40)36(19-2-3-20(19)38)15-5-12(9-32)4-14(28)8-15/h4-8,10,19-21,23-26,37-39H,2-3,11H2,1H3/t19-,20-,21-,23+,24+,25-,26-/m1/s1. The number of carbonyl (C=O) groups is 1. The molecule has 2 fully saturated rings. The summed E-state index contributed by atoms with van der Waals surface area (Å²) in [5.74, 6) is -2.65. The van der Waals surface area contributed by atoms with Gasteiger partial charge in [0, 0.05) is 22.8 Å². The van der Waals surface area contributed by atoms with Crippen molar-refractivity contribution in [2.75, 3.05) is 18.6 Å². The van der Waals surface area contributed by atoms with Crippen LogP contribution in [0.3, 0.4) is 0 Å². The molecule has 222 valence electrons. The molecule has 1 saturated carbocycles. The van der Waals surface area contributed by atoms with Gasteiger partial charge in [-0.15, -0.1) is 5.10 Å². The van der Waals surface area contributed by atoms with E-state index >= 15 is 0 Å². The van der Waals surface area contributed by atoms with E-state index in [9.17, 15) is 34.2 Å². The molecule has 1 aliphatic carbocycles. The van der Waals surface area contributed by atoms with Gasteiger partial charge in [-0.2, -0.15) is 5.26 Å². The number of hydrogen-bond donors (Lipinski definition) is 3. The maximum atomic E-state index is 14.2. The Kier molecular flexibility index (Phi) is 8.91. The van der Waals surface area contributed by atoms with Gasteiger partial charge in [-0.3, -0.25) is 4.79 Å². The van der Waals surface area contributed by atoms with Crippen LogP contribution in [-0.2, 0) is 14.3 Å². The first-order chi connectivity index (χ1) is 20.1. The second-order valence-electron chi connectivity index (χ2n) is 10.0. The number of aliphatic hydroxyl groups is 3. The molecule has 1 aliphatic heterocycles. The van der Waals surface area contributed by atoms with Gasteiger partial charge in [-0.25, -0.2) is 13.5 Å². The number of amides is 1. The quantitative estimate of drug-likeness (QED) is 0.323. The van der Waals surface area contributed by atoms with Crippen molar-refractivity contribution in [3.05, 3.63) is 63.2 Å². The zero-order valence-corrected chi connectivity index (χ0v) is 24.3. The highest BCUT2D eigenvalue weighted by molar-refractivity contribution is 9.10. The lowest BCUT2D eigenvalue weighted by Gasteiger charge is -2.47. The Balaban J connectivity index is 1.54. The highest BCUT2D eigenvalue weighted by Crippen LogP contribution is 2.38. The zero-order valence-electron chi connectivity index (χ0n) is 21.9.